The lowest BCUT2D eigenvalue weighted by Crippen LogP contribution is -2.27. The van der Waals surface area contributed by atoms with Gasteiger partial charge in [0.25, 0.3) is 0 Å². The Kier molecular flexibility index (Phi) is 2.68. The zero-order valence-corrected chi connectivity index (χ0v) is 9.88. The molecule has 82 valence electrons. The second kappa shape index (κ2) is 3.84. The summed E-state index contributed by atoms with van der Waals surface area (Å²) in [5.41, 5.74) is 2.52. The molecule has 1 N–H and O–H groups in total. The Morgan fingerprint density at radius 1 is 1.33 bits per heavy atom. The van der Waals surface area contributed by atoms with Crippen LogP contribution in [0.4, 0.5) is 5.69 Å². The van der Waals surface area contributed by atoms with E-state index in [2.05, 4.69) is 43.2 Å². The fraction of sp³-hybridized carbons (Fsp3) is 0.615. The minimum Gasteiger partial charge on any atom is -0.382 e. The van der Waals surface area contributed by atoms with Crippen molar-refractivity contribution >= 4 is 5.69 Å². The van der Waals surface area contributed by atoms with Crippen LogP contribution in [0.25, 0.3) is 0 Å². The quantitative estimate of drug-likeness (QED) is 0.799. The first-order valence-electron chi connectivity index (χ1n) is 5.79. The lowest BCUT2D eigenvalue weighted by atomic mass is 9.90. The number of rotatable bonds is 2. The van der Waals surface area contributed by atoms with E-state index in [9.17, 15) is 0 Å². The molecule has 0 amide bonds. The molecule has 15 heavy (non-hydrogen) atoms. The number of hydrogen-bond acceptors (Lipinski definition) is 2. The van der Waals surface area contributed by atoms with Crippen LogP contribution in [0.3, 0.4) is 0 Å². The predicted octanol–water partition coefficient (Wildman–Crippen LogP) is 3.34. The van der Waals surface area contributed by atoms with Gasteiger partial charge in [-0.2, -0.15) is 0 Å². The highest BCUT2D eigenvalue weighted by Crippen LogP contribution is 2.26. The van der Waals surface area contributed by atoms with Gasteiger partial charge in [-0.1, -0.05) is 20.8 Å². The van der Waals surface area contributed by atoms with Gasteiger partial charge in [0.2, 0.25) is 0 Å². The Labute approximate surface area is 92.1 Å². The van der Waals surface area contributed by atoms with Gasteiger partial charge >= 0.3 is 0 Å². The van der Waals surface area contributed by atoms with Gasteiger partial charge in [0.05, 0.1) is 0 Å². The summed E-state index contributed by atoms with van der Waals surface area (Å²) < 4.78 is 0. The standard InChI is InChI=1S/C13H20N2/c1-13(2,3)12-9-11(7-8-14-12)15-10-5-4-6-10/h7-10H,4-6H2,1-3H3,(H,14,15). The number of anilines is 1. The predicted molar refractivity (Wildman–Crippen MR) is 64.2 cm³/mol. The van der Waals surface area contributed by atoms with E-state index in [4.69, 9.17) is 0 Å². The molecule has 0 spiro atoms. The summed E-state index contributed by atoms with van der Waals surface area (Å²) >= 11 is 0. The summed E-state index contributed by atoms with van der Waals surface area (Å²) in [6.07, 6.45) is 5.90. The molecule has 0 atom stereocenters. The normalized spacial score (nSPS) is 17.3. The van der Waals surface area contributed by atoms with Gasteiger partial charge in [0, 0.05) is 29.0 Å². The van der Waals surface area contributed by atoms with E-state index in [0.29, 0.717) is 6.04 Å². The lowest BCUT2D eigenvalue weighted by Gasteiger charge is -2.28. The SMILES string of the molecule is CC(C)(C)c1cc(NC2CCC2)ccn1. The van der Waals surface area contributed by atoms with E-state index in [1.165, 1.54) is 24.9 Å². The minimum atomic E-state index is 0.136. The summed E-state index contributed by atoms with van der Waals surface area (Å²) in [4.78, 5) is 4.42. The average Bonchev–Trinajstić information content (AvgIpc) is 2.11. The molecule has 0 unspecified atom stereocenters. The van der Waals surface area contributed by atoms with Crippen molar-refractivity contribution in [2.24, 2.45) is 0 Å². The molecule has 1 heterocycles. The van der Waals surface area contributed by atoms with Gasteiger partial charge in [-0.05, 0) is 31.4 Å². The van der Waals surface area contributed by atoms with Crippen molar-refractivity contribution in [2.75, 3.05) is 5.32 Å². The Balaban J connectivity index is 2.11. The number of hydrogen-bond donors (Lipinski definition) is 1. The molecule has 2 heteroatoms. The highest BCUT2D eigenvalue weighted by molar-refractivity contribution is 5.45. The molecule has 1 fully saturated rings. The van der Waals surface area contributed by atoms with Gasteiger partial charge in [0.1, 0.15) is 0 Å². The Hall–Kier alpha value is -1.05. The number of pyridine rings is 1. The van der Waals surface area contributed by atoms with Crippen LogP contribution in [0.2, 0.25) is 0 Å². The summed E-state index contributed by atoms with van der Waals surface area (Å²) in [6, 6.07) is 4.94. The Morgan fingerprint density at radius 2 is 2.07 bits per heavy atom. The second-order valence-electron chi connectivity index (χ2n) is 5.45. The molecule has 2 nitrogen and oxygen atoms in total. The zero-order valence-electron chi connectivity index (χ0n) is 9.88. The number of nitrogens with one attached hydrogen (secondary N) is 1. The molecule has 1 aromatic rings. The second-order valence-corrected chi connectivity index (χ2v) is 5.45. The van der Waals surface area contributed by atoms with Crippen LogP contribution < -0.4 is 5.32 Å². The molecule has 0 saturated heterocycles. The highest BCUT2D eigenvalue weighted by Gasteiger charge is 2.19. The third-order valence-corrected chi connectivity index (χ3v) is 3.00. The van der Waals surface area contributed by atoms with Crippen molar-refractivity contribution in [3.8, 4) is 0 Å². The minimum absolute atomic E-state index is 0.136. The maximum absolute atomic E-state index is 4.42. The highest BCUT2D eigenvalue weighted by atomic mass is 14.9. The number of nitrogens with zero attached hydrogens (tertiary/aromatic N) is 1. The largest absolute Gasteiger partial charge is 0.382 e. The van der Waals surface area contributed by atoms with Crippen LogP contribution >= 0.6 is 0 Å². The third kappa shape index (κ3) is 2.49. The van der Waals surface area contributed by atoms with Crippen LogP contribution in [-0.2, 0) is 5.41 Å². The van der Waals surface area contributed by atoms with E-state index in [-0.39, 0.29) is 5.41 Å². The van der Waals surface area contributed by atoms with Crippen LogP contribution in [0.15, 0.2) is 18.3 Å². The van der Waals surface area contributed by atoms with Crippen molar-refractivity contribution in [1.82, 2.24) is 4.98 Å². The van der Waals surface area contributed by atoms with E-state index in [1.807, 2.05) is 6.20 Å². The first kappa shape index (κ1) is 10.5. The molecule has 0 bridgehead atoms. The molecule has 1 aliphatic carbocycles. The summed E-state index contributed by atoms with van der Waals surface area (Å²) in [5.74, 6) is 0. The smallest absolute Gasteiger partial charge is 0.0477 e. The molecule has 2 rings (SSSR count). The van der Waals surface area contributed by atoms with Gasteiger partial charge in [-0.3, -0.25) is 4.98 Å². The van der Waals surface area contributed by atoms with Crippen LogP contribution in [0.1, 0.15) is 45.7 Å². The van der Waals surface area contributed by atoms with Gasteiger partial charge in [-0.15, -0.1) is 0 Å². The summed E-state index contributed by atoms with van der Waals surface area (Å²) in [6.45, 7) is 6.59. The molecule has 1 aliphatic rings. The fourth-order valence-electron chi connectivity index (χ4n) is 1.72. The van der Waals surface area contributed by atoms with Gasteiger partial charge in [0.15, 0.2) is 0 Å². The lowest BCUT2D eigenvalue weighted by molar-refractivity contribution is 0.445. The Bertz CT molecular complexity index is 335. The molecule has 0 aromatic carbocycles. The molecule has 1 aromatic heterocycles. The number of aromatic nitrogens is 1. The van der Waals surface area contributed by atoms with E-state index in [1.54, 1.807) is 0 Å². The maximum atomic E-state index is 4.42. The topological polar surface area (TPSA) is 24.9 Å². The van der Waals surface area contributed by atoms with Crippen LogP contribution in [-0.4, -0.2) is 11.0 Å². The molecular weight excluding hydrogens is 184 g/mol. The third-order valence-electron chi connectivity index (χ3n) is 3.00. The van der Waals surface area contributed by atoms with Gasteiger partial charge in [-0.25, -0.2) is 0 Å². The van der Waals surface area contributed by atoms with Crippen molar-refractivity contribution in [2.45, 2.75) is 51.5 Å². The summed E-state index contributed by atoms with van der Waals surface area (Å²) in [5, 5.41) is 3.55. The van der Waals surface area contributed by atoms with Crippen molar-refractivity contribution in [3.63, 3.8) is 0 Å². The molecule has 0 aliphatic heterocycles. The molecular formula is C13H20N2. The van der Waals surface area contributed by atoms with E-state index >= 15 is 0 Å². The van der Waals surface area contributed by atoms with Crippen molar-refractivity contribution in [1.29, 1.82) is 0 Å². The fourth-order valence-corrected chi connectivity index (χ4v) is 1.72. The van der Waals surface area contributed by atoms with E-state index in [0.717, 1.165) is 5.69 Å². The van der Waals surface area contributed by atoms with Crippen molar-refractivity contribution < 1.29 is 0 Å². The van der Waals surface area contributed by atoms with Gasteiger partial charge < -0.3 is 5.32 Å². The first-order valence-corrected chi connectivity index (χ1v) is 5.79. The molecule has 0 radical (unpaired) electrons. The molecule has 1 saturated carbocycles. The maximum Gasteiger partial charge on any atom is 0.0477 e. The monoisotopic (exact) mass is 204 g/mol. The Morgan fingerprint density at radius 3 is 2.60 bits per heavy atom. The van der Waals surface area contributed by atoms with Crippen LogP contribution in [0.5, 0.6) is 0 Å². The average molecular weight is 204 g/mol. The van der Waals surface area contributed by atoms with Crippen LogP contribution in [0, 0.1) is 0 Å². The zero-order chi connectivity index (χ0) is 10.9. The summed E-state index contributed by atoms with van der Waals surface area (Å²) in [7, 11) is 0. The van der Waals surface area contributed by atoms with Crippen molar-refractivity contribution in [3.05, 3.63) is 24.0 Å². The first-order chi connectivity index (χ1) is 7.05. The van der Waals surface area contributed by atoms with E-state index < -0.39 is 0 Å².